The highest BCUT2D eigenvalue weighted by atomic mass is 16.3. The van der Waals surface area contributed by atoms with Crippen molar-refractivity contribution in [2.75, 3.05) is 0 Å². The summed E-state index contributed by atoms with van der Waals surface area (Å²) < 4.78 is 0. The number of nitrogens with zero attached hydrogens (tertiary/aromatic N) is 2. The second kappa shape index (κ2) is 4.31. The minimum Gasteiger partial charge on any atom is -0.376 e. The Morgan fingerprint density at radius 3 is 2.55 bits per heavy atom. The summed E-state index contributed by atoms with van der Waals surface area (Å²) in [7, 11) is 0. The molecular formula is C15H12N2O3. The van der Waals surface area contributed by atoms with Crippen LogP contribution in [0.15, 0.2) is 36.7 Å². The Balaban J connectivity index is 2.32. The Morgan fingerprint density at radius 2 is 1.85 bits per heavy atom. The lowest BCUT2D eigenvalue weighted by molar-refractivity contribution is -0.120. The average Bonchev–Trinajstić information content (AvgIpc) is 2.45. The molecule has 0 aliphatic heterocycles. The van der Waals surface area contributed by atoms with Crippen molar-refractivity contribution in [3.63, 3.8) is 0 Å². The SMILES string of the molecule is CC(=O)C[C@@]1(O)C(=O)c2cccnc2-c2ncccc21. The number of carbonyl (C=O) groups excluding carboxylic acids is 2. The molecule has 2 aromatic heterocycles. The van der Waals surface area contributed by atoms with Gasteiger partial charge in [-0.05, 0) is 25.1 Å². The van der Waals surface area contributed by atoms with Crippen molar-refractivity contribution >= 4 is 11.6 Å². The standard InChI is InChI=1S/C15H12N2O3/c1-9(18)8-15(20)11-5-3-7-17-13(11)12-10(14(15)19)4-2-6-16-12/h2-7,20H,8H2,1H3/t15-/m0/s1. The number of fused-ring (bicyclic) bond motifs is 3. The van der Waals surface area contributed by atoms with Crippen LogP contribution < -0.4 is 0 Å². The first-order valence-electron chi connectivity index (χ1n) is 6.21. The van der Waals surface area contributed by atoms with E-state index < -0.39 is 11.4 Å². The molecule has 0 spiro atoms. The van der Waals surface area contributed by atoms with Crippen LogP contribution in [-0.4, -0.2) is 26.6 Å². The number of aromatic nitrogens is 2. The summed E-state index contributed by atoms with van der Waals surface area (Å²) >= 11 is 0. The predicted molar refractivity (Wildman–Crippen MR) is 71.0 cm³/mol. The van der Waals surface area contributed by atoms with Gasteiger partial charge in [-0.25, -0.2) is 0 Å². The van der Waals surface area contributed by atoms with Gasteiger partial charge in [-0.1, -0.05) is 6.07 Å². The molecule has 1 atom stereocenters. The number of aliphatic hydroxyl groups is 1. The molecule has 20 heavy (non-hydrogen) atoms. The molecule has 0 saturated heterocycles. The third-order valence-corrected chi connectivity index (χ3v) is 3.41. The van der Waals surface area contributed by atoms with Crippen molar-refractivity contribution in [3.8, 4) is 11.4 Å². The van der Waals surface area contributed by atoms with Gasteiger partial charge in [0.2, 0.25) is 5.78 Å². The molecule has 0 aromatic carbocycles. The number of Topliss-reactive ketones (excluding diaryl/α,β-unsaturated/α-hetero) is 2. The third-order valence-electron chi connectivity index (χ3n) is 3.41. The van der Waals surface area contributed by atoms with Gasteiger partial charge >= 0.3 is 0 Å². The van der Waals surface area contributed by atoms with Crippen molar-refractivity contribution in [2.24, 2.45) is 0 Å². The van der Waals surface area contributed by atoms with Crippen LogP contribution in [0.25, 0.3) is 11.4 Å². The lowest BCUT2D eigenvalue weighted by atomic mass is 9.76. The summed E-state index contributed by atoms with van der Waals surface area (Å²) in [5.74, 6) is -0.765. The van der Waals surface area contributed by atoms with E-state index in [2.05, 4.69) is 9.97 Å². The Hall–Kier alpha value is -2.40. The molecule has 1 N–H and O–H groups in total. The highest BCUT2D eigenvalue weighted by molar-refractivity contribution is 6.11. The Morgan fingerprint density at radius 1 is 1.20 bits per heavy atom. The van der Waals surface area contributed by atoms with Crippen molar-refractivity contribution in [1.29, 1.82) is 0 Å². The van der Waals surface area contributed by atoms with Gasteiger partial charge in [0.1, 0.15) is 5.78 Å². The summed E-state index contributed by atoms with van der Waals surface area (Å²) in [5, 5.41) is 10.8. The van der Waals surface area contributed by atoms with Crippen molar-refractivity contribution in [1.82, 2.24) is 9.97 Å². The molecule has 5 nitrogen and oxygen atoms in total. The molecule has 0 unspecified atom stereocenters. The number of hydrogen-bond donors (Lipinski definition) is 1. The first kappa shape index (κ1) is 12.6. The number of rotatable bonds is 2. The van der Waals surface area contributed by atoms with Gasteiger partial charge < -0.3 is 5.11 Å². The zero-order valence-corrected chi connectivity index (χ0v) is 10.8. The molecule has 5 heteroatoms. The predicted octanol–water partition coefficient (Wildman–Crippen LogP) is 1.51. The summed E-state index contributed by atoms with van der Waals surface area (Å²) in [6.45, 7) is 1.35. The van der Waals surface area contributed by atoms with Gasteiger partial charge in [0.05, 0.1) is 11.4 Å². The van der Waals surface area contributed by atoms with Crippen LogP contribution in [0.5, 0.6) is 0 Å². The van der Waals surface area contributed by atoms with E-state index in [1.165, 1.54) is 6.92 Å². The van der Waals surface area contributed by atoms with E-state index in [0.717, 1.165) is 0 Å². The maximum atomic E-state index is 12.6. The second-order valence-corrected chi connectivity index (χ2v) is 4.87. The van der Waals surface area contributed by atoms with E-state index in [-0.39, 0.29) is 12.2 Å². The average molecular weight is 268 g/mol. The van der Waals surface area contributed by atoms with Crippen LogP contribution in [0.1, 0.15) is 29.3 Å². The quantitative estimate of drug-likeness (QED) is 0.892. The third kappa shape index (κ3) is 1.67. The van der Waals surface area contributed by atoms with E-state index in [9.17, 15) is 14.7 Å². The zero-order valence-electron chi connectivity index (χ0n) is 10.8. The first-order chi connectivity index (χ1) is 9.54. The molecule has 0 fully saturated rings. The van der Waals surface area contributed by atoms with E-state index in [0.29, 0.717) is 22.5 Å². The van der Waals surface area contributed by atoms with Gasteiger partial charge in [0.25, 0.3) is 0 Å². The van der Waals surface area contributed by atoms with Crippen LogP contribution in [0, 0.1) is 0 Å². The normalized spacial score (nSPS) is 20.2. The Bertz CT molecular complexity index is 727. The summed E-state index contributed by atoms with van der Waals surface area (Å²) in [5.41, 5.74) is -0.326. The molecule has 2 aromatic rings. The Kier molecular flexibility index (Phi) is 2.72. The van der Waals surface area contributed by atoms with E-state index >= 15 is 0 Å². The fourth-order valence-corrected chi connectivity index (χ4v) is 2.59. The zero-order chi connectivity index (χ0) is 14.3. The van der Waals surface area contributed by atoms with Crippen LogP contribution >= 0.6 is 0 Å². The van der Waals surface area contributed by atoms with Crippen LogP contribution in [0.4, 0.5) is 0 Å². The summed E-state index contributed by atoms with van der Waals surface area (Å²) in [4.78, 5) is 32.4. The fourth-order valence-electron chi connectivity index (χ4n) is 2.59. The fraction of sp³-hybridized carbons (Fsp3) is 0.200. The number of pyridine rings is 2. The van der Waals surface area contributed by atoms with Crippen LogP contribution in [0.3, 0.4) is 0 Å². The lowest BCUT2D eigenvalue weighted by Gasteiger charge is -2.32. The molecule has 0 radical (unpaired) electrons. The Labute approximate surface area is 115 Å². The summed E-state index contributed by atoms with van der Waals surface area (Å²) in [6, 6.07) is 6.46. The molecule has 1 aliphatic rings. The van der Waals surface area contributed by atoms with Gasteiger partial charge in [-0.2, -0.15) is 0 Å². The maximum Gasteiger partial charge on any atom is 0.201 e. The van der Waals surface area contributed by atoms with Gasteiger partial charge in [0, 0.05) is 29.9 Å². The van der Waals surface area contributed by atoms with Gasteiger partial charge in [-0.3, -0.25) is 19.6 Å². The van der Waals surface area contributed by atoms with Gasteiger partial charge in [-0.15, -0.1) is 0 Å². The first-order valence-corrected chi connectivity index (χ1v) is 6.21. The molecular weight excluding hydrogens is 256 g/mol. The number of carbonyl (C=O) groups is 2. The molecule has 0 amide bonds. The summed E-state index contributed by atoms with van der Waals surface area (Å²) in [6.07, 6.45) is 2.88. The van der Waals surface area contributed by atoms with E-state index in [4.69, 9.17) is 0 Å². The van der Waals surface area contributed by atoms with E-state index in [1.54, 1.807) is 36.7 Å². The lowest BCUT2D eigenvalue weighted by Crippen LogP contribution is -2.41. The monoisotopic (exact) mass is 268 g/mol. The molecule has 3 rings (SSSR count). The highest BCUT2D eigenvalue weighted by Gasteiger charge is 2.46. The molecule has 1 aliphatic carbocycles. The molecule has 0 bridgehead atoms. The van der Waals surface area contributed by atoms with Crippen molar-refractivity contribution in [3.05, 3.63) is 47.8 Å². The molecule has 2 heterocycles. The molecule has 100 valence electrons. The van der Waals surface area contributed by atoms with Gasteiger partial charge in [0.15, 0.2) is 5.60 Å². The topological polar surface area (TPSA) is 80.1 Å². The van der Waals surface area contributed by atoms with Crippen LogP contribution in [-0.2, 0) is 10.4 Å². The molecule has 0 saturated carbocycles. The minimum atomic E-state index is -1.86. The minimum absolute atomic E-state index is 0.261. The highest BCUT2D eigenvalue weighted by Crippen LogP contribution is 2.41. The number of ketones is 2. The van der Waals surface area contributed by atoms with Crippen LogP contribution in [0.2, 0.25) is 0 Å². The number of hydrogen-bond acceptors (Lipinski definition) is 5. The van der Waals surface area contributed by atoms with Crippen molar-refractivity contribution in [2.45, 2.75) is 18.9 Å². The van der Waals surface area contributed by atoms with E-state index in [1.807, 2.05) is 0 Å². The second-order valence-electron chi connectivity index (χ2n) is 4.87. The largest absolute Gasteiger partial charge is 0.376 e. The smallest absolute Gasteiger partial charge is 0.201 e. The van der Waals surface area contributed by atoms with Crippen molar-refractivity contribution < 1.29 is 14.7 Å². The maximum absolute atomic E-state index is 12.6.